The topological polar surface area (TPSA) is 0 Å². The molecule has 1 aliphatic heterocycles. The third kappa shape index (κ3) is 3.08. The van der Waals surface area contributed by atoms with Gasteiger partial charge < -0.3 is 0 Å². The SMILES string of the molecule is ClCC(CC1CSc2ccccc21)c1cccc(Br)c1. The van der Waals surface area contributed by atoms with Gasteiger partial charge in [-0.15, -0.1) is 23.4 Å². The second-order valence-electron chi connectivity index (χ2n) is 5.19. The summed E-state index contributed by atoms with van der Waals surface area (Å²) < 4.78 is 1.13. The van der Waals surface area contributed by atoms with E-state index in [1.54, 1.807) is 0 Å². The number of fused-ring (bicyclic) bond motifs is 1. The molecule has 2 unspecified atom stereocenters. The van der Waals surface area contributed by atoms with Gasteiger partial charge in [-0.05, 0) is 47.6 Å². The van der Waals surface area contributed by atoms with Gasteiger partial charge in [-0.1, -0.05) is 46.3 Å². The van der Waals surface area contributed by atoms with Crippen molar-refractivity contribution in [3.8, 4) is 0 Å². The van der Waals surface area contributed by atoms with Crippen molar-refractivity contribution in [2.75, 3.05) is 11.6 Å². The molecule has 0 spiro atoms. The summed E-state index contributed by atoms with van der Waals surface area (Å²) in [5, 5.41) is 0. The average molecular weight is 368 g/mol. The first-order chi connectivity index (χ1) is 9.78. The Labute approximate surface area is 138 Å². The molecule has 0 amide bonds. The van der Waals surface area contributed by atoms with E-state index in [1.807, 2.05) is 11.8 Å². The first-order valence-electron chi connectivity index (χ1n) is 6.81. The van der Waals surface area contributed by atoms with E-state index in [1.165, 1.54) is 21.8 Å². The lowest BCUT2D eigenvalue weighted by Gasteiger charge is -2.19. The summed E-state index contributed by atoms with van der Waals surface area (Å²) >= 11 is 11.8. The molecule has 0 fully saturated rings. The highest BCUT2D eigenvalue weighted by atomic mass is 79.9. The van der Waals surface area contributed by atoms with Gasteiger partial charge in [0, 0.05) is 21.0 Å². The quantitative estimate of drug-likeness (QED) is 0.593. The van der Waals surface area contributed by atoms with Crippen LogP contribution in [0.3, 0.4) is 0 Å². The van der Waals surface area contributed by atoms with Gasteiger partial charge in [0.15, 0.2) is 0 Å². The fourth-order valence-electron chi connectivity index (χ4n) is 2.82. The summed E-state index contributed by atoms with van der Waals surface area (Å²) in [7, 11) is 0. The number of hydrogen-bond acceptors (Lipinski definition) is 1. The number of thioether (sulfide) groups is 1. The fourth-order valence-corrected chi connectivity index (χ4v) is 4.81. The van der Waals surface area contributed by atoms with Crippen molar-refractivity contribution in [1.29, 1.82) is 0 Å². The maximum absolute atomic E-state index is 6.24. The van der Waals surface area contributed by atoms with E-state index in [2.05, 4.69) is 64.5 Å². The highest BCUT2D eigenvalue weighted by Gasteiger charge is 2.26. The van der Waals surface area contributed by atoms with Gasteiger partial charge in [-0.3, -0.25) is 0 Å². The Bertz CT molecular complexity index is 599. The van der Waals surface area contributed by atoms with Crippen molar-refractivity contribution in [2.45, 2.75) is 23.2 Å². The van der Waals surface area contributed by atoms with Crippen LogP contribution in [0.5, 0.6) is 0 Å². The lowest BCUT2D eigenvalue weighted by molar-refractivity contribution is 0.604. The van der Waals surface area contributed by atoms with E-state index in [0.29, 0.717) is 17.7 Å². The molecule has 2 atom stereocenters. The fraction of sp³-hybridized carbons (Fsp3) is 0.294. The van der Waals surface area contributed by atoms with E-state index in [0.717, 1.165) is 10.9 Å². The summed E-state index contributed by atoms with van der Waals surface area (Å²) in [5.74, 6) is 2.91. The van der Waals surface area contributed by atoms with Crippen LogP contribution in [0.15, 0.2) is 57.9 Å². The molecule has 0 N–H and O–H groups in total. The Morgan fingerprint density at radius 1 is 1.20 bits per heavy atom. The number of rotatable bonds is 4. The van der Waals surface area contributed by atoms with Gasteiger partial charge in [0.2, 0.25) is 0 Å². The lowest BCUT2D eigenvalue weighted by atomic mass is 9.87. The zero-order valence-electron chi connectivity index (χ0n) is 11.1. The summed E-state index contributed by atoms with van der Waals surface area (Å²) in [6.07, 6.45) is 1.13. The Kier molecular flexibility index (Phi) is 4.75. The van der Waals surface area contributed by atoms with Gasteiger partial charge in [0.05, 0.1) is 0 Å². The molecule has 0 radical (unpaired) electrons. The van der Waals surface area contributed by atoms with Crippen LogP contribution in [-0.2, 0) is 0 Å². The molecule has 0 nitrogen and oxygen atoms in total. The number of halogens is 2. The van der Waals surface area contributed by atoms with Gasteiger partial charge >= 0.3 is 0 Å². The van der Waals surface area contributed by atoms with Crippen molar-refractivity contribution >= 4 is 39.3 Å². The zero-order valence-corrected chi connectivity index (χ0v) is 14.2. The normalized spacial score (nSPS) is 18.8. The van der Waals surface area contributed by atoms with Gasteiger partial charge in [0.1, 0.15) is 0 Å². The molecule has 20 heavy (non-hydrogen) atoms. The Morgan fingerprint density at radius 2 is 2.05 bits per heavy atom. The van der Waals surface area contributed by atoms with E-state index in [9.17, 15) is 0 Å². The molecule has 104 valence electrons. The van der Waals surface area contributed by atoms with E-state index in [-0.39, 0.29) is 0 Å². The van der Waals surface area contributed by atoms with Crippen LogP contribution < -0.4 is 0 Å². The smallest absolute Gasteiger partial charge is 0.0292 e. The minimum atomic E-state index is 0.422. The molecule has 3 rings (SSSR count). The zero-order chi connectivity index (χ0) is 13.9. The van der Waals surface area contributed by atoms with Crippen LogP contribution in [0.4, 0.5) is 0 Å². The van der Waals surface area contributed by atoms with E-state index < -0.39 is 0 Å². The molecule has 0 aromatic heterocycles. The largest absolute Gasteiger partial charge is 0.126 e. The van der Waals surface area contributed by atoms with E-state index in [4.69, 9.17) is 11.6 Å². The molecular weight excluding hydrogens is 352 g/mol. The lowest BCUT2D eigenvalue weighted by Crippen LogP contribution is -2.08. The van der Waals surface area contributed by atoms with Gasteiger partial charge in [-0.2, -0.15) is 0 Å². The minimum absolute atomic E-state index is 0.422. The molecule has 0 bridgehead atoms. The summed E-state index contributed by atoms with van der Waals surface area (Å²) in [6, 6.07) is 17.3. The molecule has 3 heteroatoms. The van der Waals surface area contributed by atoms with Crippen LogP contribution in [0, 0.1) is 0 Å². The predicted molar refractivity (Wildman–Crippen MR) is 92.1 cm³/mol. The molecule has 2 aromatic rings. The molecular formula is C17H16BrClS. The first-order valence-corrected chi connectivity index (χ1v) is 9.12. The maximum atomic E-state index is 6.24. The third-order valence-corrected chi connectivity index (χ3v) is 5.99. The highest BCUT2D eigenvalue weighted by Crippen LogP contribution is 2.44. The molecule has 0 aliphatic carbocycles. The van der Waals surface area contributed by atoms with Crippen molar-refractivity contribution in [3.05, 3.63) is 64.1 Å². The summed E-state index contributed by atoms with van der Waals surface area (Å²) in [4.78, 5) is 1.44. The van der Waals surface area contributed by atoms with E-state index >= 15 is 0 Å². The standard InChI is InChI=1S/C17H16BrClS/c18-15-5-3-4-12(9-15)13(10-19)8-14-11-20-17-7-2-1-6-16(14)17/h1-7,9,13-14H,8,10-11H2. The average Bonchev–Trinajstić information content (AvgIpc) is 2.88. The van der Waals surface area contributed by atoms with Gasteiger partial charge in [-0.25, -0.2) is 0 Å². The van der Waals surface area contributed by atoms with Crippen LogP contribution in [0.1, 0.15) is 29.4 Å². The number of alkyl halides is 1. The third-order valence-electron chi connectivity index (χ3n) is 3.87. The minimum Gasteiger partial charge on any atom is -0.126 e. The summed E-state index contributed by atoms with van der Waals surface area (Å²) in [5.41, 5.74) is 2.84. The van der Waals surface area contributed by atoms with Crippen molar-refractivity contribution in [2.24, 2.45) is 0 Å². The highest BCUT2D eigenvalue weighted by molar-refractivity contribution is 9.10. The number of benzene rings is 2. The second kappa shape index (κ2) is 6.55. The second-order valence-corrected chi connectivity index (χ2v) is 7.47. The van der Waals surface area contributed by atoms with Crippen molar-refractivity contribution in [1.82, 2.24) is 0 Å². The Morgan fingerprint density at radius 3 is 2.85 bits per heavy atom. The predicted octanol–water partition coefficient (Wildman–Crippen LogP) is 6.05. The molecule has 1 aliphatic rings. The monoisotopic (exact) mass is 366 g/mol. The summed E-state index contributed by atoms with van der Waals surface area (Å²) in [6.45, 7) is 0. The van der Waals surface area contributed by atoms with Crippen molar-refractivity contribution in [3.63, 3.8) is 0 Å². The molecule has 1 heterocycles. The van der Waals surface area contributed by atoms with Crippen LogP contribution in [0.2, 0.25) is 0 Å². The molecule has 0 saturated carbocycles. The molecule has 0 saturated heterocycles. The van der Waals surface area contributed by atoms with Crippen LogP contribution in [0.25, 0.3) is 0 Å². The number of hydrogen-bond donors (Lipinski definition) is 0. The Hall–Kier alpha value is -0.440. The molecule has 2 aromatic carbocycles. The van der Waals surface area contributed by atoms with Crippen molar-refractivity contribution < 1.29 is 0 Å². The first kappa shape index (κ1) is 14.5. The maximum Gasteiger partial charge on any atom is 0.0292 e. The Balaban J connectivity index is 1.80. The van der Waals surface area contributed by atoms with Crippen LogP contribution >= 0.6 is 39.3 Å². The van der Waals surface area contributed by atoms with Crippen LogP contribution in [-0.4, -0.2) is 11.6 Å². The van der Waals surface area contributed by atoms with Gasteiger partial charge in [0.25, 0.3) is 0 Å².